The molecule has 1 atom stereocenters. The number of carbonyl (C=O) groups is 1. The highest BCUT2D eigenvalue weighted by atomic mass is 16.3. The summed E-state index contributed by atoms with van der Waals surface area (Å²) in [5, 5.41) is 11.7. The molecule has 102 valence electrons. The summed E-state index contributed by atoms with van der Waals surface area (Å²) in [5.74, 6) is -0.312. The summed E-state index contributed by atoms with van der Waals surface area (Å²) >= 11 is 0. The van der Waals surface area contributed by atoms with Gasteiger partial charge in [-0.25, -0.2) is 0 Å². The van der Waals surface area contributed by atoms with Crippen molar-refractivity contribution in [2.24, 2.45) is 0 Å². The predicted octanol–water partition coefficient (Wildman–Crippen LogP) is 2.45. The minimum absolute atomic E-state index is 0.0216. The number of carbonyl (C=O) groups excluding carboxylic acids is 1. The molecule has 0 saturated carbocycles. The maximum Gasteiger partial charge on any atom is 0.246 e. The predicted molar refractivity (Wildman–Crippen MR) is 78.2 cm³/mol. The molecule has 2 aromatic rings. The van der Waals surface area contributed by atoms with Gasteiger partial charge < -0.3 is 10.4 Å². The van der Waals surface area contributed by atoms with Crippen LogP contribution in [0.15, 0.2) is 48.5 Å². The largest absolute Gasteiger partial charge is 0.387 e. The van der Waals surface area contributed by atoms with Gasteiger partial charge in [0.2, 0.25) is 5.91 Å². The molecule has 0 bridgehead atoms. The summed E-state index contributed by atoms with van der Waals surface area (Å²) in [7, 11) is 0. The van der Waals surface area contributed by atoms with E-state index in [1.165, 1.54) is 16.7 Å². The first kappa shape index (κ1) is 12.9. The van der Waals surface area contributed by atoms with E-state index >= 15 is 0 Å². The molecule has 0 aliphatic heterocycles. The van der Waals surface area contributed by atoms with Gasteiger partial charge in [0.15, 0.2) is 0 Å². The van der Waals surface area contributed by atoms with Crippen molar-refractivity contribution >= 4 is 5.91 Å². The van der Waals surface area contributed by atoms with Crippen LogP contribution >= 0.6 is 0 Å². The third-order valence-corrected chi connectivity index (χ3v) is 3.81. The van der Waals surface area contributed by atoms with E-state index in [2.05, 4.69) is 35.6 Å². The molecule has 0 aromatic heterocycles. The molecule has 1 aliphatic rings. The molecule has 0 saturated heterocycles. The quantitative estimate of drug-likeness (QED) is 0.897. The number of aryl methyl sites for hydroxylation is 1. The Bertz CT molecular complexity index is 622. The van der Waals surface area contributed by atoms with Crippen LogP contribution in [0.4, 0.5) is 0 Å². The average molecular weight is 267 g/mol. The number of hydrogen-bond acceptors (Lipinski definition) is 2. The summed E-state index contributed by atoms with van der Waals surface area (Å²) in [6.45, 7) is -0.454. The van der Waals surface area contributed by atoms with Gasteiger partial charge in [-0.1, -0.05) is 42.5 Å². The SMILES string of the molecule is O=C(CO)N[C@H]1CCc2ccc(-c3ccccc3)cc21. The van der Waals surface area contributed by atoms with Crippen LogP contribution in [0.1, 0.15) is 23.6 Å². The lowest BCUT2D eigenvalue weighted by Crippen LogP contribution is -2.29. The third-order valence-electron chi connectivity index (χ3n) is 3.81. The van der Waals surface area contributed by atoms with Crippen molar-refractivity contribution in [2.75, 3.05) is 6.61 Å². The standard InChI is InChI=1S/C17H17NO2/c19-11-17(20)18-16-9-8-13-6-7-14(10-15(13)16)12-4-2-1-3-5-12/h1-7,10,16,19H,8-9,11H2,(H,18,20)/t16-/m0/s1. The smallest absolute Gasteiger partial charge is 0.246 e. The first-order chi connectivity index (χ1) is 9.78. The second kappa shape index (κ2) is 5.47. The Morgan fingerprint density at radius 3 is 2.70 bits per heavy atom. The molecule has 1 aliphatic carbocycles. The Morgan fingerprint density at radius 1 is 1.15 bits per heavy atom. The minimum Gasteiger partial charge on any atom is -0.387 e. The van der Waals surface area contributed by atoms with Gasteiger partial charge in [-0.3, -0.25) is 4.79 Å². The van der Waals surface area contributed by atoms with Crippen molar-refractivity contribution in [1.29, 1.82) is 0 Å². The van der Waals surface area contributed by atoms with Gasteiger partial charge in [0.25, 0.3) is 0 Å². The fourth-order valence-corrected chi connectivity index (χ4v) is 2.80. The number of rotatable bonds is 3. The molecule has 0 heterocycles. The van der Waals surface area contributed by atoms with Gasteiger partial charge in [0.05, 0.1) is 6.04 Å². The second-order valence-electron chi connectivity index (χ2n) is 5.10. The Balaban J connectivity index is 1.92. The summed E-state index contributed by atoms with van der Waals surface area (Å²) in [6.07, 6.45) is 1.88. The van der Waals surface area contributed by atoms with Crippen molar-refractivity contribution in [3.05, 3.63) is 59.7 Å². The fourth-order valence-electron chi connectivity index (χ4n) is 2.80. The van der Waals surface area contributed by atoms with Crippen LogP contribution in [-0.2, 0) is 11.2 Å². The monoisotopic (exact) mass is 267 g/mol. The molecule has 0 unspecified atom stereocenters. The molecule has 3 nitrogen and oxygen atoms in total. The highest BCUT2D eigenvalue weighted by molar-refractivity contribution is 5.77. The minimum atomic E-state index is -0.454. The van der Waals surface area contributed by atoms with E-state index in [1.54, 1.807) is 0 Å². The molecule has 1 amide bonds. The van der Waals surface area contributed by atoms with Gasteiger partial charge in [0.1, 0.15) is 6.61 Å². The number of aliphatic hydroxyl groups is 1. The first-order valence-electron chi connectivity index (χ1n) is 6.86. The fraction of sp³-hybridized carbons (Fsp3) is 0.235. The zero-order valence-corrected chi connectivity index (χ0v) is 11.2. The molecule has 0 fully saturated rings. The number of amides is 1. The van der Waals surface area contributed by atoms with Crippen molar-refractivity contribution < 1.29 is 9.90 Å². The van der Waals surface area contributed by atoms with Gasteiger partial charge in [0, 0.05) is 0 Å². The number of hydrogen-bond donors (Lipinski definition) is 2. The Labute approximate surface area is 118 Å². The van der Waals surface area contributed by atoms with Gasteiger partial charge in [-0.15, -0.1) is 0 Å². The Morgan fingerprint density at radius 2 is 1.95 bits per heavy atom. The van der Waals surface area contributed by atoms with E-state index in [0.717, 1.165) is 18.4 Å². The third kappa shape index (κ3) is 2.45. The number of nitrogens with one attached hydrogen (secondary N) is 1. The van der Waals surface area contributed by atoms with Crippen LogP contribution < -0.4 is 5.32 Å². The van der Waals surface area contributed by atoms with Gasteiger partial charge in [-0.05, 0) is 41.2 Å². The molecule has 20 heavy (non-hydrogen) atoms. The molecular formula is C17H17NO2. The van der Waals surface area contributed by atoms with Crippen LogP contribution in [0.3, 0.4) is 0 Å². The molecular weight excluding hydrogens is 250 g/mol. The topological polar surface area (TPSA) is 49.3 Å². The van der Waals surface area contributed by atoms with E-state index in [1.807, 2.05) is 18.2 Å². The second-order valence-corrected chi connectivity index (χ2v) is 5.10. The van der Waals surface area contributed by atoms with Gasteiger partial charge in [-0.2, -0.15) is 0 Å². The maximum atomic E-state index is 11.4. The number of fused-ring (bicyclic) bond motifs is 1. The molecule has 2 aromatic carbocycles. The summed E-state index contributed by atoms with van der Waals surface area (Å²) in [6, 6.07) is 16.7. The lowest BCUT2D eigenvalue weighted by Gasteiger charge is -2.14. The summed E-state index contributed by atoms with van der Waals surface area (Å²) in [5.41, 5.74) is 4.80. The highest BCUT2D eigenvalue weighted by Crippen LogP contribution is 2.34. The highest BCUT2D eigenvalue weighted by Gasteiger charge is 2.24. The molecule has 3 heteroatoms. The van der Waals surface area contributed by atoms with Crippen LogP contribution in [0.5, 0.6) is 0 Å². The van der Waals surface area contributed by atoms with Crippen LogP contribution in [0.2, 0.25) is 0 Å². The normalized spacial score (nSPS) is 16.8. The summed E-state index contributed by atoms with van der Waals surface area (Å²) < 4.78 is 0. The lowest BCUT2D eigenvalue weighted by atomic mass is 9.99. The number of benzene rings is 2. The van der Waals surface area contributed by atoms with E-state index in [4.69, 9.17) is 5.11 Å². The zero-order chi connectivity index (χ0) is 13.9. The van der Waals surface area contributed by atoms with Crippen molar-refractivity contribution in [3.63, 3.8) is 0 Å². The van der Waals surface area contributed by atoms with Crippen molar-refractivity contribution in [3.8, 4) is 11.1 Å². The maximum absolute atomic E-state index is 11.4. The Kier molecular flexibility index (Phi) is 3.52. The Hall–Kier alpha value is -2.13. The van der Waals surface area contributed by atoms with Gasteiger partial charge >= 0.3 is 0 Å². The molecule has 2 N–H and O–H groups in total. The molecule has 0 spiro atoms. The lowest BCUT2D eigenvalue weighted by molar-refractivity contribution is -0.124. The van der Waals surface area contributed by atoms with Crippen LogP contribution in [0, 0.1) is 0 Å². The molecule has 0 radical (unpaired) electrons. The first-order valence-corrected chi connectivity index (χ1v) is 6.86. The van der Waals surface area contributed by atoms with Crippen molar-refractivity contribution in [1.82, 2.24) is 5.32 Å². The summed E-state index contributed by atoms with van der Waals surface area (Å²) in [4.78, 5) is 11.4. The molecule has 3 rings (SSSR count). The zero-order valence-electron chi connectivity index (χ0n) is 11.2. The van der Waals surface area contributed by atoms with E-state index < -0.39 is 6.61 Å². The number of aliphatic hydroxyl groups excluding tert-OH is 1. The van der Waals surface area contributed by atoms with E-state index in [0.29, 0.717) is 0 Å². The van der Waals surface area contributed by atoms with Crippen LogP contribution in [0.25, 0.3) is 11.1 Å². The van der Waals surface area contributed by atoms with E-state index in [9.17, 15) is 4.79 Å². The average Bonchev–Trinajstić information content (AvgIpc) is 2.90. The van der Waals surface area contributed by atoms with Crippen LogP contribution in [-0.4, -0.2) is 17.6 Å². The van der Waals surface area contributed by atoms with Crippen molar-refractivity contribution in [2.45, 2.75) is 18.9 Å². The van der Waals surface area contributed by atoms with E-state index in [-0.39, 0.29) is 11.9 Å².